The number of halogens is 13. The quantitative estimate of drug-likeness (QED) is 0.359. The highest BCUT2D eigenvalue weighted by molar-refractivity contribution is 5.77. The maximum Gasteiger partial charge on any atom is 0.456 e. The molecule has 0 atom stereocenters. The first kappa shape index (κ1) is 27.0. The molecule has 0 heterocycles. The zero-order valence-corrected chi connectivity index (χ0v) is 13.5. The fraction of sp³-hybridized carbons (Fsp3) is 0.833. The van der Waals surface area contributed by atoms with Gasteiger partial charge in [-0.2, -0.15) is 48.3 Å². The summed E-state index contributed by atoms with van der Waals surface area (Å²) in [6, 6.07) is 0. The molecule has 0 aliphatic rings. The number of alkyl halides is 13. The summed E-state index contributed by atoms with van der Waals surface area (Å²) in [6.07, 6.45) is -14.0. The lowest BCUT2D eigenvalue weighted by Gasteiger charge is -2.31. The first-order valence-electron chi connectivity index (χ1n) is 6.86. The molecule has 0 saturated carbocycles. The minimum absolute atomic E-state index is 1.35. The van der Waals surface area contributed by atoms with E-state index in [4.69, 9.17) is 0 Å². The molecule has 0 rings (SSSR count). The van der Waals surface area contributed by atoms with Crippen LogP contribution in [0, 0.1) is 0 Å². The standard InChI is InChI=1S/C12H9F13O4/c13-7(14)10(19,20)11(21,22)8(15,16)3-28-5(26)1-2-6(27)29-4-9(17,18)12(23,24)25/h7H,1-4H2. The van der Waals surface area contributed by atoms with Crippen molar-refractivity contribution < 1.29 is 76.1 Å². The van der Waals surface area contributed by atoms with Crippen molar-refractivity contribution in [3.63, 3.8) is 0 Å². The topological polar surface area (TPSA) is 52.6 Å². The Morgan fingerprint density at radius 2 is 1.00 bits per heavy atom. The van der Waals surface area contributed by atoms with E-state index in [0.717, 1.165) is 0 Å². The summed E-state index contributed by atoms with van der Waals surface area (Å²) >= 11 is 0. The number of ether oxygens (including phenoxy) is 2. The molecule has 0 aliphatic carbocycles. The van der Waals surface area contributed by atoms with Crippen LogP contribution in [0.15, 0.2) is 0 Å². The van der Waals surface area contributed by atoms with E-state index in [1.165, 1.54) is 0 Å². The Labute approximate surface area is 151 Å². The lowest BCUT2D eigenvalue weighted by Crippen LogP contribution is -2.59. The Morgan fingerprint density at radius 3 is 1.31 bits per heavy atom. The second-order valence-corrected chi connectivity index (χ2v) is 5.23. The van der Waals surface area contributed by atoms with Gasteiger partial charge in [0, 0.05) is 0 Å². The maximum atomic E-state index is 13.1. The van der Waals surface area contributed by atoms with Crippen molar-refractivity contribution in [3.8, 4) is 0 Å². The number of carbonyl (C=O) groups excluding carboxylic acids is 2. The fourth-order valence-electron chi connectivity index (χ4n) is 1.24. The molecule has 0 aromatic rings. The molecule has 0 unspecified atom stereocenters. The van der Waals surface area contributed by atoms with E-state index in [2.05, 4.69) is 9.47 Å². The van der Waals surface area contributed by atoms with Crippen LogP contribution in [0.2, 0.25) is 0 Å². The fourth-order valence-corrected chi connectivity index (χ4v) is 1.24. The van der Waals surface area contributed by atoms with Crippen molar-refractivity contribution in [1.82, 2.24) is 0 Å². The van der Waals surface area contributed by atoms with E-state index < -0.39 is 74.3 Å². The van der Waals surface area contributed by atoms with Gasteiger partial charge in [0.15, 0.2) is 13.2 Å². The Morgan fingerprint density at radius 1 is 0.655 bits per heavy atom. The second-order valence-electron chi connectivity index (χ2n) is 5.23. The molecule has 0 aromatic carbocycles. The van der Waals surface area contributed by atoms with Crippen LogP contribution in [0.4, 0.5) is 57.1 Å². The highest BCUT2D eigenvalue weighted by atomic mass is 19.4. The molecular formula is C12H9F13O4. The van der Waals surface area contributed by atoms with Crippen LogP contribution < -0.4 is 0 Å². The zero-order chi connectivity index (χ0) is 23.5. The van der Waals surface area contributed by atoms with E-state index in [9.17, 15) is 66.7 Å². The predicted octanol–water partition coefficient (Wildman–Crippen LogP) is 4.22. The van der Waals surface area contributed by atoms with Gasteiger partial charge in [-0.1, -0.05) is 0 Å². The van der Waals surface area contributed by atoms with Gasteiger partial charge in [-0.25, -0.2) is 8.78 Å². The lowest BCUT2D eigenvalue weighted by molar-refractivity contribution is -0.344. The number of carbonyl (C=O) groups is 2. The van der Waals surface area contributed by atoms with Gasteiger partial charge in [0.1, 0.15) is 0 Å². The van der Waals surface area contributed by atoms with Gasteiger partial charge in [-0.3, -0.25) is 9.59 Å². The second kappa shape index (κ2) is 8.81. The number of rotatable bonds is 10. The van der Waals surface area contributed by atoms with Gasteiger partial charge in [-0.15, -0.1) is 0 Å². The lowest BCUT2D eigenvalue weighted by atomic mass is 10.1. The van der Waals surface area contributed by atoms with E-state index in [1.54, 1.807) is 0 Å². The third-order valence-corrected chi connectivity index (χ3v) is 2.93. The minimum Gasteiger partial charge on any atom is -0.459 e. The van der Waals surface area contributed by atoms with Crippen molar-refractivity contribution in [1.29, 1.82) is 0 Å². The van der Waals surface area contributed by atoms with Gasteiger partial charge in [-0.05, 0) is 0 Å². The van der Waals surface area contributed by atoms with Crippen LogP contribution in [-0.4, -0.2) is 61.4 Å². The minimum atomic E-state index is -6.66. The van der Waals surface area contributed by atoms with Crippen molar-refractivity contribution in [2.45, 2.75) is 49.1 Å². The van der Waals surface area contributed by atoms with Gasteiger partial charge in [0.25, 0.3) is 0 Å². The molecule has 17 heteroatoms. The summed E-state index contributed by atoms with van der Waals surface area (Å²) in [5.41, 5.74) is 0. The van der Waals surface area contributed by atoms with E-state index >= 15 is 0 Å². The number of hydrogen-bond donors (Lipinski definition) is 0. The summed E-state index contributed by atoms with van der Waals surface area (Å²) in [5.74, 6) is -28.5. The molecule has 29 heavy (non-hydrogen) atoms. The van der Waals surface area contributed by atoms with E-state index in [0.29, 0.717) is 0 Å². The molecule has 0 saturated heterocycles. The summed E-state index contributed by atoms with van der Waals surface area (Å²) < 4.78 is 168. The SMILES string of the molecule is O=C(CCC(=O)OCC(F)(F)C(F)(F)C(F)(F)C(F)F)OCC(F)(F)C(F)(F)F. The Balaban J connectivity index is 4.65. The van der Waals surface area contributed by atoms with Gasteiger partial charge in [0.05, 0.1) is 12.8 Å². The highest BCUT2D eigenvalue weighted by Crippen LogP contribution is 2.48. The van der Waals surface area contributed by atoms with E-state index in [1.807, 2.05) is 0 Å². The van der Waals surface area contributed by atoms with Gasteiger partial charge >= 0.3 is 48.2 Å². The summed E-state index contributed by atoms with van der Waals surface area (Å²) in [5, 5.41) is 0. The first-order valence-corrected chi connectivity index (χ1v) is 6.86. The normalized spacial score (nSPS) is 14.1. The van der Waals surface area contributed by atoms with Crippen LogP contribution >= 0.6 is 0 Å². The van der Waals surface area contributed by atoms with Crippen LogP contribution in [0.3, 0.4) is 0 Å². The van der Waals surface area contributed by atoms with Crippen molar-refractivity contribution in [3.05, 3.63) is 0 Å². The van der Waals surface area contributed by atoms with Crippen LogP contribution in [0.25, 0.3) is 0 Å². The molecule has 0 amide bonds. The summed E-state index contributed by atoms with van der Waals surface area (Å²) in [7, 11) is 0. The zero-order valence-electron chi connectivity index (χ0n) is 13.5. The molecule has 0 radical (unpaired) electrons. The summed E-state index contributed by atoms with van der Waals surface area (Å²) in [4.78, 5) is 21.9. The Bertz CT molecular complexity index is 585. The molecule has 0 fully saturated rings. The predicted molar refractivity (Wildman–Crippen MR) is 63.0 cm³/mol. The van der Waals surface area contributed by atoms with Gasteiger partial charge in [0.2, 0.25) is 0 Å². The third-order valence-electron chi connectivity index (χ3n) is 2.93. The molecule has 4 nitrogen and oxygen atoms in total. The van der Waals surface area contributed by atoms with Crippen molar-refractivity contribution in [2.24, 2.45) is 0 Å². The molecular weight excluding hydrogens is 455 g/mol. The maximum absolute atomic E-state index is 13.1. The number of esters is 2. The molecule has 0 bridgehead atoms. The Hall–Kier alpha value is -1.97. The highest BCUT2D eigenvalue weighted by Gasteiger charge is 2.75. The monoisotopic (exact) mass is 464 g/mol. The van der Waals surface area contributed by atoms with E-state index in [-0.39, 0.29) is 0 Å². The molecule has 0 N–H and O–H groups in total. The third kappa shape index (κ3) is 6.52. The average molecular weight is 464 g/mol. The van der Waals surface area contributed by atoms with Crippen LogP contribution in [-0.2, 0) is 19.1 Å². The largest absolute Gasteiger partial charge is 0.459 e. The molecule has 172 valence electrons. The van der Waals surface area contributed by atoms with Crippen molar-refractivity contribution >= 4 is 11.9 Å². The molecule has 0 spiro atoms. The first-order chi connectivity index (χ1) is 12.7. The van der Waals surface area contributed by atoms with Crippen molar-refractivity contribution in [2.75, 3.05) is 13.2 Å². The van der Waals surface area contributed by atoms with Crippen LogP contribution in [0.5, 0.6) is 0 Å². The number of hydrogen-bond acceptors (Lipinski definition) is 4. The molecule has 0 aliphatic heterocycles. The van der Waals surface area contributed by atoms with Crippen LogP contribution in [0.1, 0.15) is 12.8 Å². The Kier molecular flexibility index (Phi) is 8.21. The average Bonchev–Trinajstić information content (AvgIpc) is 2.54. The van der Waals surface area contributed by atoms with Gasteiger partial charge < -0.3 is 9.47 Å². The summed E-state index contributed by atoms with van der Waals surface area (Å²) in [6.45, 7) is -5.32. The smallest absolute Gasteiger partial charge is 0.456 e. The molecule has 0 aromatic heterocycles.